The molecule has 18 heavy (non-hydrogen) atoms. The van der Waals surface area contributed by atoms with Gasteiger partial charge in [0, 0.05) is 0 Å². The summed E-state index contributed by atoms with van der Waals surface area (Å²) in [6.45, 7) is 4.38. The van der Waals surface area contributed by atoms with E-state index in [1.54, 1.807) is 10.9 Å². The van der Waals surface area contributed by atoms with E-state index in [1.807, 2.05) is 30.6 Å². The molecule has 0 spiro atoms. The molecule has 2 heterocycles. The zero-order valence-electron chi connectivity index (χ0n) is 9.58. The minimum absolute atomic E-state index is 0.00778. The molecule has 1 aliphatic heterocycles. The predicted octanol–water partition coefficient (Wildman–Crippen LogP) is 2.94. The number of nitrogens with zero attached hydrogens (tertiary/aromatic N) is 4. The van der Waals surface area contributed by atoms with E-state index in [4.69, 9.17) is 0 Å². The molecule has 2 aromatic rings. The van der Waals surface area contributed by atoms with Gasteiger partial charge in [0.2, 0.25) is 0 Å². The second-order valence-electron chi connectivity index (χ2n) is 3.80. The van der Waals surface area contributed by atoms with Gasteiger partial charge in [-0.1, -0.05) is 0 Å². The summed E-state index contributed by atoms with van der Waals surface area (Å²) in [6.07, 6.45) is 5.43. The van der Waals surface area contributed by atoms with E-state index in [0.717, 1.165) is 22.6 Å². The summed E-state index contributed by atoms with van der Waals surface area (Å²) in [5.41, 5.74) is 4.10. The van der Waals surface area contributed by atoms with Crippen LogP contribution in [0, 0.1) is 0 Å². The summed E-state index contributed by atoms with van der Waals surface area (Å²) in [6, 6.07) is 6.01. The first-order chi connectivity index (χ1) is 8.86. The molecule has 1 N–H and O–H groups in total. The molecule has 5 nitrogen and oxygen atoms in total. The molecule has 0 amide bonds. The molecule has 1 aromatic carbocycles. The number of benzene rings is 1. The number of hydrogen-bond acceptors (Lipinski definition) is 4. The standard InChI is InChI=1S/C12H11N5Se/c1-2-17-8-9(7-14-17)6-13-10-4-3-5-11-12(10)16-18-15-11/h2-5,7-8,13H,1,6H2. The third-order valence-electron chi connectivity index (χ3n) is 2.61. The van der Waals surface area contributed by atoms with Crippen LogP contribution in [0.4, 0.5) is 17.1 Å². The van der Waals surface area contributed by atoms with Crippen LogP contribution in [0.15, 0.2) is 45.1 Å². The van der Waals surface area contributed by atoms with E-state index in [2.05, 4.69) is 24.9 Å². The zero-order valence-corrected chi connectivity index (χ0v) is 11.3. The fourth-order valence-corrected chi connectivity index (χ4v) is 2.87. The monoisotopic (exact) mass is 305 g/mol. The Kier molecular flexibility index (Phi) is 2.96. The summed E-state index contributed by atoms with van der Waals surface area (Å²) >= 11 is 0.00778. The summed E-state index contributed by atoms with van der Waals surface area (Å²) < 4.78 is 10.5. The van der Waals surface area contributed by atoms with Crippen LogP contribution in [0.5, 0.6) is 0 Å². The predicted molar refractivity (Wildman–Crippen MR) is 72.3 cm³/mol. The fraction of sp³-hybridized carbons (Fsp3) is 0.0833. The van der Waals surface area contributed by atoms with E-state index in [9.17, 15) is 0 Å². The summed E-state index contributed by atoms with van der Waals surface area (Å²) in [5.74, 6) is 0. The Balaban J connectivity index is 1.76. The van der Waals surface area contributed by atoms with Gasteiger partial charge in [0.05, 0.1) is 0 Å². The van der Waals surface area contributed by atoms with Gasteiger partial charge in [0.25, 0.3) is 0 Å². The van der Waals surface area contributed by atoms with Crippen molar-refractivity contribution in [2.24, 2.45) is 7.92 Å². The Labute approximate surface area is 110 Å². The molecule has 90 valence electrons. The summed E-state index contributed by atoms with van der Waals surface area (Å²) in [5, 5.41) is 7.51. The molecule has 1 aromatic heterocycles. The molecule has 0 unspecified atom stereocenters. The van der Waals surface area contributed by atoms with Crippen LogP contribution in [-0.4, -0.2) is 24.3 Å². The number of rotatable bonds is 4. The Morgan fingerprint density at radius 1 is 1.39 bits per heavy atom. The Bertz CT molecular complexity index is 667. The first kappa shape index (κ1) is 11.2. The number of aromatic nitrogens is 2. The summed E-state index contributed by atoms with van der Waals surface area (Å²) in [7, 11) is 0. The summed E-state index contributed by atoms with van der Waals surface area (Å²) in [4.78, 5) is 0. The van der Waals surface area contributed by atoms with Gasteiger partial charge in [0.1, 0.15) is 0 Å². The van der Waals surface area contributed by atoms with Crippen LogP contribution in [0.1, 0.15) is 5.56 Å². The van der Waals surface area contributed by atoms with Crippen LogP contribution >= 0.6 is 0 Å². The van der Waals surface area contributed by atoms with Crippen molar-refractivity contribution < 1.29 is 0 Å². The van der Waals surface area contributed by atoms with Crippen LogP contribution in [-0.2, 0) is 6.54 Å². The zero-order chi connectivity index (χ0) is 12.4. The van der Waals surface area contributed by atoms with Gasteiger partial charge in [-0.2, -0.15) is 0 Å². The average molecular weight is 304 g/mol. The van der Waals surface area contributed by atoms with Crippen molar-refractivity contribution in [2.75, 3.05) is 5.32 Å². The molecule has 0 aliphatic carbocycles. The minimum atomic E-state index is 0.00778. The molecule has 0 radical (unpaired) electrons. The molecular formula is C12H11N5Se. The number of nitrogens with one attached hydrogen (secondary N) is 1. The van der Waals surface area contributed by atoms with Crippen molar-refractivity contribution in [1.82, 2.24) is 9.78 Å². The molecule has 6 heteroatoms. The van der Waals surface area contributed by atoms with Crippen molar-refractivity contribution in [3.8, 4) is 0 Å². The van der Waals surface area contributed by atoms with Gasteiger partial charge in [-0.05, 0) is 0 Å². The quantitative estimate of drug-likeness (QED) is 0.753. The van der Waals surface area contributed by atoms with Gasteiger partial charge in [0.15, 0.2) is 0 Å². The second kappa shape index (κ2) is 4.76. The van der Waals surface area contributed by atoms with Gasteiger partial charge in [-0.25, -0.2) is 0 Å². The van der Waals surface area contributed by atoms with Gasteiger partial charge < -0.3 is 0 Å². The van der Waals surface area contributed by atoms with E-state index in [0.29, 0.717) is 6.54 Å². The first-order valence-corrected chi connectivity index (χ1v) is 7.01. The Morgan fingerprint density at radius 3 is 3.17 bits per heavy atom. The third-order valence-corrected chi connectivity index (χ3v) is 3.75. The molecule has 0 bridgehead atoms. The van der Waals surface area contributed by atoms with E-state index >= 15 is 0 Å². The van der Waals surface area contributed by atoms with E-state index in [-0.39, 0.29) is 14.6 Å². The molecule has 0 atom stereocenters. The third kappa shape index (κ3) is 2.08. The molecule has 0 fully saturated rings. The van der Waals surface area contributed by atoms with Gasteiger partial charge in [-0.15, -0.1) is 0 Å². The number of fused-ring (bicyclic) bond motifs is 1. The molecular weight excluding hydrogens is 293 g/mol. The Hall–Kier alpha value is -1.91. The molecule has 0 saturated heterocycles. The van der Waals surface area contributed by atoms with Crippen molar-refractivity contribution in [3.05, 3.63) is 42.7 Å². The maximum atomic E-state index is 4.43. The van der Waals surface area contributed by atoms with Crippen molar-refractivity contribution in [3.63, 3.8) is 0 Å². The van der Waals surface area contributed by atoms with Gasteiger partial charge in [-0.3, -0.25) is 0 Å². The SMILES string of the molecule is C=Cn1cc(CNc2cccc3c2N=[Se]=N3)cn1. The van der Waals surface area contributed by atoms with Gasteiger partial charge >= 0.3 is 110 Å². The van der Waals surface area contributed by atoms with Crippen molar-refractivity contribution >= 4 is 37.8 Å². The topological polar surface area (TPSA) is 54.6 Å². The molecule has 0 saturated carbocycles. The fourth-order valence-electron chi connectivity index (χ4n) is 1.71. The van der Waals surface area contributed by atoms with Crippen LogP contribution in [0.25, 0.3) is 6.20 Å². The maximum absolute atomic E-state index is 4.43. The molecule has 1 aliphatic rings. The first-order valence-electron chi connectivity index (χ1n) is 5.47. The van der Waals surface area contributed by atoms with Crippen LogP contribution in [0.2, 0.25) is 0 Å². The number of anilines is 1. The second-order valence-corrected chi connectivity index (χ2v) is 4.91. The van der Waals surface area contributed by atoms with Crippen LogP contribution < -0.4 is 5.32 Å². The number of hydrogen-bond donors (Lipinski definition) is 1. The van der Waals surface area contributed by atoms with E-state index in [1.165, 1.54) is 0 Å². The van der Waals surface area contributed by atoms with Crippen molar-refractivity contribution in [2.45, 2.75) is 6.54 Å². The Morgan fingerprint density at radius 2 is 2.33 bits per heavy atom. The molecule has 3 rings (SSSR count). The van der Waals surface area contributed by atoms with Crippen molar-refractivity contribution in [1.29, 1.82) is 0 Å². The normalized spacial score (nSPS) is 12.0. The van der Waals surface area contributed by atoms with E-state index < -0.39 is 0 Å². The van der Waals surface area contributed by atoms with Crippen LogP contribution in [0.3, 0.4) is 0 Å². The average Bonchev–Trinajstić information content (AvgIpc) is 3.05.